The molecule has 2 aromatic carbocycles. The Bertz CT molecular complexity index is 1070. The minimum Gasteiger partial charge on any atom is -0.456 e. The SMILES string of the molecule is CCCCCC=CC(=O)Oc1ccc(-c2ccc(-c3ccc(OC(=O)C=CCCCCC)cc3)o2)cc1. The Morgan fingerprint density at radius 1 is 0.622 bits per heavy atom. The third-order valence-corrected chi connectivity index (χ3v) is 5.78. The first-order valence-corrected chi connectivity index (χ1v) is 13.2. The summed E-state index contributed by atoms with van der Waals surface area (Å²) in [7, 11) is 0. The van der Waals surface area contributed by atoms with Crippen LogP contribution in [0.5, 0.6) is 11.5 Å². The number of hydrogen-bond acceptors (Lipinski definition) is 5. The molecular formula is C32H36O5. The highest BCUT2D eigenvalue weighted by Crippen LogP contribution is 2.30. The fourth-order valence-corrected chi connectivity index (χ4v) is 3.71. The molecule has 1 heterocycles. The fraction of sp³-hybridized carbons (Fsp3) is 0.312. The van der Waals surface area contributed by atoms with Gasteiger partial charge in [-0.25, -0.2) is 9.59 Å². The fourth-order valence-electron chi connectivity index (χ4n) is 3.71. The van der Waals surface area contributed by atoms with Crippen LogP contribution in [0, 0.1) is 0 Å². The number of unbranched alkanes of at least 4 members (excludes halogenated alkanes) is 6. The van der Waals surface area contributed by atoms with Gasteiger partial charge in [0.05, 0.1) is 0 Å². The summed E-state index contributed by atoms with van der Waals surface area (Å²) in [6, 6.07) is 18.2. The third-order valence-electron chi connectivity index (χ3n) is 5.78. The van der Waals surface area contributed by atoms with E-state index >= 15 is 0 Å². The minimum atomic E-state index is -0.373. The Balaban J connectivity index is 1.52. The number of benzene rings is 2. The van der Waals surface area contributed by atoms with E-state index in [4.69, 9.17) is 13.9 Å². The lowest BCUT2D eigenvalue weighted by Gasteiger charge is -2.04. The number of carbonyl (C=O) groups is 2. The molecule has 3 rings (SSSR count). The van der Waals surface area contributed by atoms with Crippen molar-refractivity contribution in [1.29, 1.82) is 0 Å². The van der Waals surface area contributed by atoms with Crippen LogP contribution in [0.4, 0.5) is 0 Å². The zero-order valence-corrected chi connectivity index (χ0v) is 21.8. The molecule has 0 saturated heterocycles. The second-order valence-electron chi connectivity index (χ2n) is 8.85. The predicted molar refractivity (Wildman–Crippen MR) is 147 cm³/mol. The van der Waals surface area contributed by atoms with Gasteiger partial charge in [-0.1, -0.05) is 51.7 Å². The number of hydrogen-bond donors (Lipinski definition) is 0. The molecule has 0 N–H and O–H groups in total. The summed E-state index contributed by atoms with van der Waals surface area (Å²) in [4.78, 5) is 23.9. The van der Waals surface area contributed by atoms with E-state index in [-0.39, 0.29) is 11.9 Å². The molecule has 0 spiro atoms. The van der Waals surface area contributed by atoms with Gasteiger partial charge in [0.25, 0.3) is 0 Å². The van der Waals surface area contributed by atoms with Crippen molar-refractivity contribution in [3.8, 4) is 34.1 Å². The zero-order valence-electron chi connectivity index (χ0n) is 21.8. The van der Waals surface area contributed by atoms with Crippen LogP contribution in [0.2, 0.25) is 0 Å². The molecule has 0 fully saturated rings. The van der Waals surface area contributed by atoms with Gasteiger partial charge >= 0.3 is 11.9 Å². The lowest BCUT2D eigenvalue weighted by molar-refractivity contribution is -0.129. The smallest absolute Gasteiger partial charge is 0.335 e. The molecule has 0 aliphatic heterocycles. The third kappa shape index (κ3) is 9.60. The van der Waals surface area contributed by atoms with Crippen LogP contribution in [0.1, 0.15) is 65.2 Å². The van der Waals surface area contributed by atoms with Gasteiger partial charge in [0.1, 0.15) is 23.0 Å². The molecule has 3 aromatic rings. The van der Waals surface area contributed by atoms with Crippen LogP contribution in [0.15, 0.2) is 89.4 Å². The Kier molecular flexibility index (Phi) is 11.5. The van der Waals surface area contributed by atoms with Crippen molar-refractivity contribution in [2.24, 2.45) is 0 Å². The van der Waals surface area contributed by atoms with Crippen LogP contribution in [-0.2, 0) is 9.59 Å². The first-order valence-electron chi connectivity index (χ1n) is 13.2. The number of carbonyl (C=O) groups excluding carboxylic acids is 2. The molecule has 1 aromatic heterocycles. The van der Waals surface area contributed by atoms with E-state index < -0.39 is 0 Å². The van der Waals surface area contributed by atoms with Crippen molar-refractivity contribution >= 4 is 11.9 Å². The molecule has 5 heteroatoms. The maximum atomic E-state index is 12.0. The maximum absolute atomic E-state index is 12.0. The second-order valence-corrected chi connectivity index (χ2v) is 8.85. The number of ether oxygens (including phenoxy) is 2. The van der Waals surface area contributed by atoms with Crippen molar-refractivity contribution in [3.63, 3.8) is 0 Å². The zero-order chi connectivity index (χ0) is 26.3. The van der Waals surface area contributed by atoms with E-state index in [9.17, 15) is 9.59 Å². The van der Waals surface area contributed by atoms with Gasteiger partial charge in [-0.3, -0.25) is 0 Å². The summed E-state index contributed by atoms with van der Waals surface area (Å²) in [5.41, 5.74) is 1.75. The standard InChI is InChI=1S/C32H36O5/c1-3-5-7-9-11-13-31(33)35-27-19-15-25(16-20-27)29-23-24-30(37-29)26-17-21-28(22-18-26)36-32(34)14-12-10-8-6-4-2/h11-24H,3-10H2,1-2H3. The summed E-state index contributed by atoms with van der Waals surface area (Å²) >= 11 is 0. The Morgan fingerprint density at radius 3 is 1.41 bits per heavy atom. The Labute approximate surface area is 219 Å². The van der Waals surface area contributed by atoms with Gasteiger partial charge in [0.2, 0.25) is 0 Å². The van der Waals surface area contributed by atoms with Crippen LogP contribution in [0.3, 0.4) is 0 Å². The van der Waals surface area contributed by atoms with Crippen molar-refractivity contribution in [2.45, 2.75) is 65.2 Å². The average Bonchev–Trinajstić information content (AvgIpc) is 3.40. The molecule has 194 valence electrons. The van der Waals surface area contributed by atoms with Gasteiger partial charge in [-0.2, -0.15) is 0 Å². The predicted octanol–water partition coefficient (Wildman–Crippen LogP) is 8.70. The summed E-state index contributed by atoms with van der Waals surface area (Å²) in [6.07, 6.45) is 15.2. The first kappa shape index (κ1) is 27.7. The summed E-state index contributed by atoms with van der Waals surface area (Å²) in [6.45, 7) is 4.30. The lowest BCUT2D eigenvalue weighted by Crippen LogP contribution is -2.03. The quantitative estimate of drug-likeness (QED) is 0.0958. The van der Waals surface area contributed by atoms with Gasteiger partial charge < -0.3 is 13.9 Å². The molecule has 0 amide bonds. The van der Waals surface area contributed by atoms with E-state index in [0.29, 0.717) is 23.0 Å². The van der Waals surface area contributed by atoms with Crippen LogP contribution < -0.4 is 9.47 Å². The lowest BCUT2D eigenvalue weighted by atomic mass is 10.1. The van der Waals surface area contributed by atoms with E-state index in [1.165, 1.54) is 12.2 Å². The molecule has 0 unspecified atom stereocenters. The molecule has 0 atom stereocenters. The maximum Gasteiger partial charge on any atom is 0.335 e. The van der Waals surface area contributed by atoms with Crippen molar-refractivity contribution in [3.05, 3.63) is 85.0 Å². The van der Waals surface area contributed by atoms with Crippen molar-refractivity contribution < 1.29 is 23.5 Å². The van der Waals surface area contributed by atoms with Gasteiger partial charge in [-0.15, -0.1) is 0 Å². The number of esters is 2. The molecule has 0 bridgehead atoms. The highest BCUT2D eigenvalue weighted by atomic mass is 16.5. The Morgan fingerprint density at radius 2 is 1.03 bits per heavy atom. The largest absolute Gasteiger partial charge is 0.456 e. The highest BCUT2D eigenvalue weighted by molar-refractivity contribution is 5.84. The molecule has 0 saturated carbocycles. The normalized spacial score (nSPS) is 11.3. The van der Waals surface area contributed by atoms with Gasteiger partial charge in [0.15, 0.2) is 0 Å². The average molecular weight is 501 g/mol. The molecule has 5 nitrogen and oxygen atoms in total. The Hall–Kier alpha value is -3.86. The van der Waals surface area contributed by atoms with Crippen LogP contribution in [-0.4, -0.2) is 11.9 Å². The van der Waals surface area contributed by atoms with Crippen molar-refractivity contribution in [2.75, 3.05) is 0 Å². The summed E-state index contributed by atoms with van der Waals surface area (Å²) < 4.78 is 16.8. The molecule has 0 aliphatic carbocycles. The van der Waals surface area contributed by atoms with E-state index in [1.807, 2.05) is 48.6 Å². The summed E-state index contributed by atoms with van der Waals surface area (Å²) in [5, 5.41) is 0. The van der Waals surface area contributed by atoms with Gasteiger partial charge in [0, 0.05) is 23.3 Å². The molecular weight excluding hydrogens is 464 g/mol. The minimum absolute atomic E-state index is 0.373. The molecule has 37 heavy (non-hydrogen) atoms. The van der Waals surface area contributed by atoms with E-state index in [2.05, 4.69) is 13.8 Å². The highest BCUT2D eigenvalue weighted by Gasteiger charge is 2.09. The van der Waals surface area contributed by atoms with Crippen LogP contribution in [0.25, 0.3) is 22.6 Å². The second kappa shape index (κ2) is 15.3. The molecule has 0 radical (unpaired) electrons. The summed E-state index contributed by atoms with van der Waals surface area (Å²) in [5.74, 6) is 1.63. The first-order chi connectivity index (χ1) is 18.1. The number of furan rings is 1. The monoisotopic (exact) mass is 500 g/mol. The molecule has 0 aliphatic rings. The van der Waals surface area contributed by atoms with Gasteiger partial charge in [-0.05, 0) is 86.3 Å². The number of rotatable bonds is 14. The topological polar surface area (TPSA) is 65.7 Å². The van der Waals surface area contributed by atoms with E-state index in [0.717, 1.165) is 62.5 Å². The van der Waals surface area contributed by atoms with Crippen molar-refractivity contribution in [1.82, 2.24) is 0 Å². The van der Waals surface area contributed by atoms with E-state index in [1.54, 1.807) is 24.3 Å². The number of allylic oxidation sites excluding steroid dienone is 2. The van der Waals surface area contributed by atoms with Crippen LogP contribution >= 0.6 is 0 Å².